The van der Waals surface area contributed by atoms with Gasteiger partial charge < -0.3 is 15.7 Å². The van der Waals surface area contributed by atoms with Crippen LogP contribution in [0.4, 0.5) is 5.69 Å². The van der Waals surface area contributed by atoms with Crippen molar-refractivity contribution < 1.29 is 14.7 Å². The van der Waals surface area contributed by atoms with Gasteiger partial charge in [0, 0.05) is 35.2 Å². The molecule has 1 aromatic rings. The van der Waals surface area contributed by atoms with E-state index < -0.39 is 5.41 Å². The van der Waals surface area contributed by atoms with Gasteiger partial charge in [0.25, 0.3) is 5.91 Å². The lowest BCUT2D eigenvalue weighted by Gasteiger charge is -2.24. The molecule has 2 amide bonds. The van der Waals surface area contributed by atoms with Crippen LogP contribution in [0.1, 0.15) is 63.2 Å². The third-order valence-corrected chi connectivity index (χ3v) is 4.77. The van der Waals surface area contributed by atoms with E-state index in [0.717, 1.165) is 32.1 Å². The van der Waals surface area contributed by atoms with Gasteiger partial charge in [-0.2, -0.15) is 0 Å². The number of carbonyl (C=O) groups is 2. The SMILES string of the molecule is CC(C)(C)C(=O)Nc1cccc(C(=O)NC2CCCCCC2CO)c1. The third-order valence-electron chi connectivity index (χ3n) is 4.77. The van der Waals surface area contributed by atoms with Gasteiger partial charge in [-0.25, -0.2) is 0 Å². The fourth-order valence-corrected chi connectivity index (χ4v) is 3.10. The van der Waals surface area contributed by atoms with Crippen molar-refractivity contribution in [2.24, 2.45) is 11.3 Å². The summed E-state index contributed by atoms with van der Waals surface area (Å²) in [5.41, 5.74) is 0.646. The molecule has 0 spiro atoms. The van der Waals surface area contributed by atoms with E-state index in [1.807, 2.05) is 20.8 Å². The largest absolute Gasteiger partial charge is 0.396 e. The number of nitrogens with one attached hydrogen (secondary N) is 2. The van der Waals surface area contributed by atoms with Gasteiger partial charge in [-0.05, 0) is 31.0 Å². The quantitative estimate of drug-likeness (QED) is 0.732. The van der Waals surface area contributed by atoms with Crippen LogP contribution in [-0.4, -0.2) is 29.6 Å². The molecule has 5 heteroatoms. The second kappa shape index (κ2) is 8.48. The standard InChI is InChI=1S/C20H30N2O3/c1-20(2,3)19(25)21-16-10-7-9-14(12-16)18(24)22-17-11-6-4-5-8-15(17)13-23/h7,9-10,12,15,17,23H,4-6,8,11,13H2,1-3H3,(H,21,25)(H,22,24). The third kappa shape index (κ3) is 5.56. The van der Waals surface area contributed by atoms with Gasteiger partial charge in [-0.3, -0.25) is 9.59 Å². The van der Waals surface area contributed by atoms with Gasteiger partial charge in [-0.1, -0.05) is 46.1 Å². The summed E-state index contributed by atoms with van der Waals surface area (Å²) in [6, 6.07) is 7.00. The lowest BCUT2D eigenvalue weighted by Crippen LogP contribution is -2.41. The number of hydrogen-bond acceptors (Lipinski definition) is 3. The number of rotatable bonds is 4. The minimum atomic E-state index is -0.493. The second-order valence-corrected chi connectivity index (χ2v) is 7.95. The van der Waals surface area contributed by atoms with Crippen molar-refractivity contribution in [2.75, 3.05) is 11.9 Å². The Morgan fingerprint density at radius 1 is 1.16 bits per heavy atom. The topological polar surface area (TPSA) is 78.4 Å². The van der Waals surface area contributed by atoms with Gasteiger partial charge in [0.2, 0.25) is 5.91 Å². The van der Waals surface area contributed by atoms with Crippen molar-refractivity contribution in [1.29, 1.82) is 0 Å². The van der Waals surface area contributed by atoms with Crippen molar-refractivity contribution in [3.8, 4) is 0 Å². The van der Waals surface area contributed by atoms with E-state index in [1.54, 1.807) is 24.3 Å². The molecule has 0 heterocycles. The Morgan fingerprint density at radius 3 is 2.56 bits per heavy atom. The van der Waals surface area contributed by atoms with Crippen molar-refractivity contribution in [2.45, 2.75) is 58.9 Å². The van der Waals surface area contributed by atoms with Gasteiger partial charge >= 0.3 is 0 Å². The molecule has 0 aromatic heterocycles. The highest BCUT2D eigenvalue weighted by Crippen LogP contribution is 2.24. The first kappa shape index (κ1) is 19.4. The van der Waals surface area contributed by atoms with Crippen molar-refractivity contribution in [3.63, 3.8) is 0 Å². The first-order chi connectivity index (χ1) is 11.8. The molecule has 0 aliphatic heterocycles. The summed E-state index contributed by atoms with van der Waals surface area (Å²) in [6.07, 6.45) is 5.17. The van der Waals surface area contributed by atoms with Gasteiger partial charge in [0.1, 0.15) is 0 Å². The molecule has 3 N–H and O–H groups in total. The molecule has 2 rings (SSSR count). The summed E-state index contributed by atoms with van der Waals surface area (Å²) < 4.78 is 0. The van der Waals surface area contributed by atoms with Crippen LogP contribution in [0, 0.1) is 11.3 Å². The number of benzene rings is 1. The zero-order chi connectivity index (χ0) is 18.4. The first-order valence-corrected chi connectivity index (χ1v) is 9.14. The van der Waals surface area contributed by atoms with Crippen LogP contribution in [0.2, 0.25) is 0 Å². The Hall–Kier alpha value is -1.88. The summed E-state index contributed by atoms with van der Waals surface area (Å²) in [5.74, 6) is -0.124. The van der Waals surface area contributed by atoms with E-state index in [4.69, 9.17) is 0 Å². The maximum Gasteiger partial charge on any atom is 0.251 e. The zero-order valence-corrected chi connectivity index (χ0v) is 15.5. The fraction of sp³-hybridized carbons (Fsp3) is 0.600. The molecule has 1 aliphatic rings. The summed E-state index contributed by atoms with van der Waals surface area (Å²) >= 11 is 0. The molecule has 0 saturated heterocycles. The van der Waals surface area contributed by atoms with Crippen LogP contribution in [0.3, 0.4) is 0 Å². The Bertz CT molecular complexity index is 607. The van der Waals surface area contributed by atoms with Gasteiger partial charge in [-0.15, -0.1) is 0 Å². The Morgan fingerprint density at radius 2 is 1.88 bits per heavy atom. The van der Waals surface area contributed by atoms with Crippen molar-refractivity contribution in [1.82, 2.24) is 5.32 Å². The fourth-order valence-electron chi connectivity index (χ4n) is 3.10. The number of aliphatic hydroxyl groups excluding tert-OH is 1. The molecule has 2 unspecified atom stereocenters. The molecule has 1 aliphatic carbocycles. The summed E-state index contributed by atoms with van der Waals surface area (Å²) in [7, 11) is 0. The van der Waals surface area contributed by atoms with Crippen LogP contribution in [0.15, 0.2) is 24.3 Å². The molecule has 2 atom stereocenters. The number of hydrogen-bond donors (Lipinski definition) is 3. The minimum absolute atomic E-state index is 0.00724. The highest BCUT2D eigenvalue weighted by molar-refractivity contribution is 5.98. The van der Waals surface area contributed by atoms with E-state index in [9.17, 15) is 14.7 Å². The lowest BCUT2D eigenvalue weighted by molar-refractivity contribution is -0.123. The monoisotopic (exact) mass is 346 g/mol. The predicted molar refractivity (Wildman–Crippen MR) is 99.4 cm³/mol. The smallest absolute Gasteiger partial charge is 0.251 e. The molecule has 25 heavy (non-hydrogen) atoms. The molecule has 1 aromatic carbocycles. The molecule has 138 valence electrons. The molecule has 1 fully saturated rings. The van der Waals surface area contributed by atoms with E-state index in [2.05, 4.69) is 10.6 Å². The molecule has 1 saturated carbocycles. The van der Waals surface area contributed by atoms with Crippen LogP contribution in [-0.2, 0) is 4.79 Å². The van der Waals surface area contributed by atoms with E-state index in [1.165, 1.54) is 0 Å². The van der Waals surface area contributed by atoms with Crippen LogP contribution < -0.4 is 10.6 Å². The normalized spacial score (nSPS) is 21.3. The Labute approximate surface area is 150 Å². The number of amides is 2. The molecule has 0 radical (unpaired) electrons. The molecule has 0 bridgehead atoms. The summed E-state index contributed by atoms with van der Waals surface area (Å²) in [4.78, 5) is 24.7. The predicted octanol–water partition coefficient (Wildman–Crippen LogP) is 3.34. The van der Waals surface area contributed by atoms with E-state index in [-0.39, 0.29) is 30.4 Å². The van der Waals surface area contributed by atoms with E-state index in [0.29, 0.717) is 11.3 Å². The van der Waals surface area contributed by atoms with Crippen LogP contribution >= 0.6 is 0 Å². The average molecular weight is 346 g/mol. The van der Waals surface area contributed by atoms with Crippen LogP contribution in [0.5, 0.6) is 0 Å². The van der Waals surface area contributed by atoms with Gasteiger partial charge in [0.15, 0.2) is 0 Å². The Balaban J connectivity index is 2.06. The second-order valence-electron chi connectivity index (χ2n) is 7.95. The highest BCUT2D eigenvalue weighted by Gasteiger charge is 2.25. The van der Waals surface area contributed by atoms with Gasteiger partial charge in [0.05, 0.1) is 0 Å². The first-order valence-electron chi connectivity index (χ1n) is 9.14. The maximum absolute atomic E-state index is 12.6. The number of carbonyl (C=O) groups excluding carboxylic acids is 2. The van der Waals surface area contributed by atoms with E-state index >= 15 is 0 Å². The van der Waals surface area contributed by atoms with Crippen molar-refractivity contribution >= 4 is 17.5 Å². The highest BCUT2D eigenvalue weighted by atomic mass is 16.3. The van der Waals surface area contributed by atoms with Crippen molar-refractivity contribution in [3.05, 3.63) is 29.8 Å². The summed E-state index contributed by atoms with van der Waals surface area (Å²) in [5, 5.41) is 15.5. The molecular formula is C20H30N2O3. The number of aliphatic hydroxyl groups is 1. The average Bonchev–Trinajstić information content (AvgIpc) is 2.79. The molecular weight excluding hydrogens is 316 g/mol. The summed E-state index contributed by atoms with van der Waals surface area (Å²) in [6.45, 7) is 5.65. The molecule has 5 nitrogen and oxygen atoms in total. The minimum Gasteiger partial charge on any atom is -0.396 e. The Kier molecular flexibility index (Phi) is 6.59. The lowest BCUT2D eigenvalue weighted by atomic mass is 9.95. The maximum atomic E-state index is 12.6. The van der Waals surface area contributed by atoms with Crippen LogP contribution in [0.25, 0.3) is 0 Å². The zero-order valence-electron chi connectivity index (χ0n) is 15.5. The number of anilines is 1.